The number of benzene rings is 1. The van der Waals surface area contributed by atoms with E-state index < -0.39 is 11.9 Å². The lowest BCUT2D eigenvalue weighted by atomic mass is 10.3. The summed E-state index contributed by atoms with van der Waals surface area (Å²) in [7, 11) is 3.17. The summed E-state index contributed by atoms with van der Waals surface area (Å²) in [6.07, 6.45) is -3.40. The summed E-state index contributed by atoms with van der Waals surface area (Å²) in [6.45, 7) is 0.621. The van der Waals surface area contributed by atoms with Crippen molar-refractivity contribution in [3.63, 3.8) is 0 Å². The highest BCUT2D eigenvalue weighted by molar-refractivity contribution is 5.32. The van der Waals surface area contributed by atoms with Gasteiger partial charge in [0.15, 0.2) is 0 Å². The Bertz CT molecular complexity index is 633. The number of anilines is 1. The van der Waals surface area contributed by atoms with Gasteiger partial charge >= 0.3 is 6.18 Å². The summed E-state index contributed by atoms with van der Waals surface area (Å²) in [4.78, 5) is 8.85. The van der Waals surface area contributed by atoms with Gasteiger partial charge in [0.05, 0.1) is 13.7 Å². The molecule has 0 saturated carbocycles. The van der Waals surface area contributed by atoms with Crippen molar-refractivity contribution in [1.82, 2.24) is 9.97 Å². The van der Waals surface area contributed by atoms with Gasteiger partial charge in [-0.25, -0.2) is 9.97 Å². The van der Waals surface area contributed by atoms with Crippen LogP contribution in [0.4, 0.5) is 19.1 Å². The van der Waals surface area contributed by atoms with Gasteiger partial charge in [0, 0.05) is 13.2 Å². The molecular formula is C15H16F3N3O2. The Morgan fingerprint density at radius 2 is 1.74 bits per heavy atom. The van der Waals surface area contributed by atoms with Gasteiger partial charge in [-0.2, -0.15) is 13.2 Å². The van der Waals surface area contributed by atoms with Crippen molar-refractivity contribution in [2.45, 2.75) is 6.18 Å². The molecule has 2 aromatic rings. The molecule has 1 aromatic carbocycles. The quantitative estimate of drug-likeness (QED) is 0.816. The van der Waals surface area contributed by atoms with Crippen LogP contribution in [0.25, 0.3) is 0 Å². The van der Waals surface area contributed by atoms with Crippen molar-refractivity contribution in [3.8, 4) is 11.5 Å². The fourth-order valence-electron chi connectivity index (χ4n) is 1.76. The van der Waals surface area contributed by atoms with Crippen LogP contribution in [-0.2, 0) is 6.18 Å². The first-order valence-electron chi connectivity index (χ1n) is 6.78. The molecule has 8 heteroatoms. The Kier molecular flexibility index (Phi) is 5.25. The molecule has 124 valence electrons. The molecule has 5 nitrogen and oxygen atoms in total. The first-order valence-corrected chi connectivity index (χ1v) is 6.78. The number of rotatable bonds is 6. The standard InChI is InChI=1S/C15H16F3N3O2/c1-21(14-19-8-7-13(20-14)15(16,17)18)9-10-23-12-5-3-11(22-2)4-6-12/h3-8H,9-10H2,1-2H3. The van der Waals surface area contributed by atoms with Crippen LogP contribution in [0.15, 0.2) is 36.5 Å². The second kappa shape index (κ2) is 7.17. The average Bonchev–Trinajstić information content (AvgIpc) is 2.54. The van der Waals surface area contributed by atoms with Crippen molar-refractivity contribution in [2.24, 2.45) is 0 Å². The van der Waals surface area contributed by atoms with E-state index in [0.29, 0.717) is 18.0 Å². The summed E-state index contributed by atoms with van der Waals surface area (Å²) >= 11 is 0. The minimum atomic E-state index is -4.49. The van der Waals surface area contributed by atoms with Crippen LogP contribution < -0.4 is 14.4 Å². The lowest BCUT2D eigenvalue weighted by molar-refractivity contribution is -0.141. The van der Waals surface area contributed by atoms with Crippen molar-refractivity contribution in [3.05, 3.63) is 42.2 Å². The van der Waals surface area contributed by atoms with Crippen molar-refractivity contribution >= 4 is 5.95 Å². The maximum atomic E-state index is 12.6. The Labute approximate surface area is 131 Å². The maximum Gasteiger partial charge on any atom is 0.433 e. The number of likely N-dealkylation sites (N-methyl/N-ethyl adjacent to an activating group) is 1. The van der Waals surface area contributed by atoms with Crippen molar-refractivity contribution in [2.75, 3.05) is 32.2 Å². The van der Waals surface area contributed by atoms with E-state index in [2.05, 4.69) is 9.97 Å². The first kappa shape index (κ1) is 16.9. The number of alkyl halides is 3. The third kappa shape index (κ3) is 4.73. The third-order valence-corrected chi connectivity index (χ3v) is 3.03. The van der Waals surface area contributed by atoms with E-state index >= 15 is 0 Å². The van der Waals surface area contributed by atoms with E-state index in [1.807, 2.05) is 0 Å². The minimum Gasteiger partial charge on any atom is -0.497 e. The largest absolute Gasteiger partial charge is 0.497 e. The number of nitrogens with zero attached hydrogens (tertiary/aromatic N) is 3. The molecule has 0 radical (unpaired) electrons. The number of aromatic nitrogens is 2. The maximum absolute atomic E-state index is 12.6. The highest BCUT2D eigenvalue weighted by Gasteiger charge is 2.33. The van der Waals surface area contributed by atoms with Crippen LogP contribution in [0.1, 0.15) is 5.69 Å². The van der Waals surface area contributed by atoms with E-state index in [0.717, 1.165) is 12.3 Å². The second-order valence-corrected chi connectivity index (χ2v) is 4.69. The average molecular weight is 327 g/mol. The smallest absolute Gasteiger partial charge is 0.433 e. The normalized spacial score (nSPS) is 11.2. The Morgan fingerprint density at radius 3 is 2.35 bits per heavy atom. The third-order valence-electron chi connectivity index (χ3n) is 3.03. The summed E-state index contributed by atoms with van der Waals surface area (Å²) in [5, 5.41) is 0. The van der Waals surface area contributed by atoms with E-state index in [1.165, 1.54) is 4.90 Å². The van der Waals surface area contributed by atoms with Gasteiger partial charge in [0.2, 0.25) is 5.95 Å². The van der Waals surface area contributed by atoms with Crippen LogP contribution in [0.5, 0.6) is 11.5 Å². The van der Waals surface area contributed by atoms with Gasteiger partial charge in [-0.15, -0.1) is 0 Å². The fraction of sp³-hybridized carbons (Fsp3) is 0.333. The Morgan fingerprint density at radius 1 is 1.09 bits per heavy atom. The fourth-order valence-corrected chi connectivity index (χ4v) is 1.76. The molecular weight excluding hydrogens is 311 g/mol. The summed E-state index contributed by atoms with van der Waals surface area (Å²) in [5.41, 5.74) is -0.967. The predicted molar refractivity (Wildman–Crippen MR) is 78.8 cm³/mol. The lowest BCUT2D eigenvalue weighted by Gasteiger charge is -2.18. The highest BCUT2D eigenvalue weighted by atomic mass is 19.4. The number of ether oxygens (including phenoxy) is 2. The zero-order valence-corrected chi connectivity index (χ0v) is 12.7. The van der Waals surface area contributed by atoms with Gasteiger partial charge in [0.1, 0.15) is 23.8 Å². The lowest BCUT2D eigenvalue weighted by Crippen LogP contribution is -2.26. The molecule has 0 bridgehead atoms. The van der Waals surface area contributed by atoms with Crippen LogP contribution in [-0.4, -0.2) is 37.3 Å². The molecule has 0 N–H and O–H groups in total. The van der Waals surface area contributed by atoms with Crippen LogP contribution in [0.2, 0.25) is 0 Å². The van der Waals surface area contributed by atoms with Crippen LogP contribution in [0.3, 0.4) is 0 Å². The zero-order chi connectivity index (χ0) is 16.9. The summed E-state index contributed by atoms with van der Waals surface area (Å²) in [6, 6.07) is 7.86. The molecule has 0 aliphatic heterocycles. The molecule has 23 heavy (non-hydrogen) atoms. The summed E-state index contributed by atoms with van der Waals surface area (Å²) < 4.78 is 48.4. The monoisotopic (exact) mass is 327 g/mol. The highest BCUT2D eigenvalue weighted by Crippen LogP contribution is 2.27. The molecule has 0 saturated heterocycles. The molecule has 1 heterocycles. The van der Waals surface area contributed by atoms with E-state index in [9.17, 15) is 13.2 Å². The van der Waals surface area contributed by atoms with Gasteiger partial charge < -0.3 is 14.4 Å². The second-order valence-electron chi connectivity index (χ2n) is 4.69. The molecule has 0 spiro atoms. The Hall–Kier alpha value is -2.51. The Balaban J connectivity index is 1.90. The topological polar surface area (TPSA) is 47.5 Å². The van der Waals surface area contributed by atoms with E-state index in [1.54, 1.807) is 38.4 Å². The molecule has 0 fully saturated rings. The van der Waals surface area contributed by atoms with Gasteiger partial charge in [-0.1, -0.05) is 0 Å². The zero-order valence-electron chi connectivity index (χ0n) is 12.7. The summed E-state index contributed by atoms with van der Waals surface area (Å²) in [5.74, 6) is 1.36. The molecule has 0 unspecified atom stereocenters. The van der Waals surface area contributed by atoms with Gasteiger partial charge in [-0.3, -0.25) is 0 Å². The van der Waals surface area contributed by atoms with Gasteiger partial charge in [-0.05, 0) is 30.3 Å². The van der Waals surface area contributed by atoms with Crippen LogP contribution in [0, 0.1) is 0 Å². The first-order chi connectivity index (χ1) is 10.9. The van der Waals surface area contributed by atoms with Crippen LogP contribution >= 0.6 is 0 Å². The molecule has 1 aromatic heterocycles. The number of hydrogen-bond donors (Lipinski definition) is 0. The molecule has 2 rings (SSSR count). The molecule has 0 aliphatic rings. The number of methoxy groups -OCH3 is 1. The molecule has 0 atom stereocenters. The van der Waals surface area contributed by atoms with E-state index in [4.69, 9.17) is 9.47 Å². The van der Waals surface area contributed by atoms with Crippen molar-refractivity contribution < 1.29 is 22.6 Å². The minimum absolute atomic E-state index is 0.00171. The van der Waals surface area contributed by atoms with E-state index in [-0.39, 0.29) is 12.6 Å². The number of halogens is 3. The molecule has 0 aliphatic carbocycles. The molecule has 0 amide bonds. The van der Waals surface area contributed by atoms with Crippen molar-refractivity contribution in [1.29, 1.82) is 0 Å². The van der Waals surface area contributed by atoms with Gasteiger partial charge in [0.25, 0.3) is 0 Å². The SMILES string of the molecule is COc1ccc(OCCN(C)c2nccc(C(F)(F)F)n2)cc1. The number of hydrogen-bond acceptors (Lipinski definition) is 5. The predicted octanol–water partition coefficient (Wildman–Crippen LogP) is 3.02.